The van der Waals surface area contributed by atoms with Gasteiger partial charge in [0.2, 0.25) is 0 Å². The lowest BCUT2D eigenvalue weighted by atomic mass is 10.1. The third-order valence-electron chi connectivity index (χ3n) is 3.52. The molecular formula is C15H22N6O7. The molecule has 2 amide bonds. The number of carbonyl (C=O) groups is 2. The molecule has 0 aliphatic rings. The summed E-state index contributed by atoms with van der Waals surface area (Å²) in [5.41, 5.74) is 8.64. The number of hydroxylamine groups is 1. The highest BCUT2D eigenvalue weighted by atomic mass is 16.7. The van der Waals surface area contributed by atoms with Gasteiger partial charge in [-0.1, -0.05) is 5.43 Å². The number of nitrogens with one attached hydrogen (secondary N) is 3. The van der Waals surface area contributed by atoms with Crippen LogP contribution in [0.4, 0.5) is 0 Å². The van der Waals surface area contributed by atoms with Crippen LogP contribution < -0.4 is 31.4 Å². The molecule has 13 nitrogen and oxygen atoms in total. The molecule has 1 aromatic rings. The highest BCUT2D eigenvalue weighted by Crippen LogP contribution is 2.27. The molecule has 0 heterocycles. The zero-order valence-electron chi connectivity index (χ0n) is 15.3. The Morgan fingerprint density at radius 1 is 1.32 bits per heavy atom. The van der Waals surface area contributed by atoms with Crippen LogP contribution in [0.5, 0.6) is 11.5 Å². The van der Waals surface area contributed by atoms with Crippen LogP contribution in [0.25, 0.3) is 0 Å². The third-order valence-corrected chi connectivity index (χ3v) is 3.52. The van der Waals surface area contributed by atoms with Gasteiger partial charge in [-0.15, -0.1) is 0 Å². The van der Waals surface area contributed by atoms with Crippen molar-refractivity contribution in [2.45, 2.75) is 18.9 Å². The number of aliphatic imine (C=N–C) groups is 1. The van der Waals surface area contributed by atoms with Crippen LogP contribution in [0.2, 0.25) is 0 Å². The van der Waals surface area contributed by atoms with Gasteiger partial charge in [0.15, 0.2) is 16.5 Å². The molecule has 0 aromatic heterocycles. The lowest BCUT2D eigenvalue weighted by Crippen LogP contribution is -2.46. The largest absolute Gasteiger partial charge is 0.493 e. The highest BCUT2D eigenvalue weighted by molar-refractivity contribution is 5.97. The number of methoxy groups -OCH3 is 2. The number of nitrogens with zero attached hydrogens (tertiary/aromatic N) is 2. The van der Waals surface area contributed by atoms with Gasteiger partial charge >= 0.3 is 0 Å². The topological polar surface area (TPSA) is 190 Å². The van der Waals surface area contributed by atoms with E-state index < -0.39 is 22.9 Å². The fraction of sp³-hybridized carbons (Fsp3) is 0.400. The lowest BCUT2D eigenvalue weighted by molar-refractivity contribution is -0.525. The Kier molecular flexibility index (Phi) is 8.95. The number of carbonyl (C=O) groups excluding carboxylic acids is 2. The van der Waals surface area contributed by atoms with Crippen molar-refractivity contribution < 1.29 is 29.3 Å². The van der Waals surface area contributed by atoms with Gasteiger partial charge in [0.1, 0.15) is 6.04 Å². The first-order valence-electron chi connectivity index (χ1n) is 8.00. The van der Waals surface area contributed by atoms with E-state index in [2.05, 4.69) is 10.3 Å². The number of nitro groups is 1. The molecule has 0 aliphatic carbocycles. The van der Waals surface area contributed by atoms with E-state index in [4.69, 9.17) is 20.4 Å². The van der Waals surface area contributed by atoms with Gasteiger partial charge < -0.3 is 20.5 Å². The molecule has 6 N–H and O–H groups in total. The van der Waals surface area contributed by atoms with Crippen molar-refractivity contribution >= 4 is 17.8 Å². The number of hydrogen-bond acceptors (Lipinski definition) is 8. The van der Waals surface area contributed by atoms with E-state index in [0.29, 0.717) is 11.5 Å². The number of benzene rings is 1. The SMILES string of the molecule is COc1ccc(C(=O)N[C@@H](CCCN=C(N)N[N+](=O)[O-])C(=O)NO)cc1OC. The normalized spacial score (nSPS) is 11.9. The minimum absolute atomic E-state index is 0.0636. The molecule has 0 unspecified atom stereocenters. The van der Waals surface area contributed by atoms with Crippen LogP contribution in [0.15, 0.2) is 23.2 Å². The maximum absolute atomic E-state index is 12.4. The Morgan fingerprint density at radius 2 is 2.00 bits per heavy atom. The predicted molar refractivity (Wildman–Crippen MR) is 96.6 cm³/mol. The Balaban J connectivity index is 2.74. The summed E-state index contributed by atoms with van der Waals surface area (Å²) >= 11 is 0. The molecule has 0 saturated carbocycles. The second kappa shape index (κ2) is 11.2. The van der Waals surface area contributed by atoms with Crippen LogP contribution in [-0.4, -0.2) is 54.8 Å². The average Bonchev–Trinajstić information content (AvgIpc) is 2.68. The summed E-state index contributed by atoms with van der Waals surface area (Å²) in [6.07, 6.45) is 0.352. The monoisotopic (exact) mass is 398 g/mol. The van der Waals surface area contributed by atoms with Gasteiger partial charge in [0.05, 0.1) is 14.2 Å². The van der Waals surface area contributed by atoms with Crippen LogP contribution in [0.1, 0.15) is 23.2 Å². The maximum atomic E-state index is 12.4. The fourth-order valence-corrected chi connectivity index (χ4v) is 2.19. The Bertz CT molecular complexity index is 740. The quantitative estimate of drug-likeness (QED) is 0.0837. The summed E-state index contributed by atoms with van der Waals surface area (Å²) in [4.78, 5) is 38.1. The number of ether oxygens (including phenoxy) is 2. The smallest absolute Gasteiger partial charge is 0.265 e. The third kappa shape index (κ3) is 6.95. The van der Waals surface area contributed by atoms with Crippen LogP contribution in [0.3, 0.4) is 0 Å². The first-order chi connectivity index (χ1) is 13.3. The van der Waals surface area contributed by atoms with Gasteiger partial charge in [0.25, 0.3) is 17.8 Å². The van der Waals surface area contributed by atoms with E-state index >= 15 is 0 Å². The lowest BCUT2D eigenvalue weighted by Gasteiger charge is -2.17. The summed E-state index contributed by atoms with van der Waals surface area (Å²) in [6.45, 7) is 0.0636. The zero-order chi connectivity index (χ0) is 21.1. The van der Waals surface area contributed by atoms with Crippen molar-refractivity contribution in [3.8, 4) is 11.5 Å². The van der Waals surface area contributed by atoms with Crippen molar-refractivity contribution in [2.75, 3.05) is 20.8 Å². The Labute approximate surface area is 160 Å². The Hall–Kier alpha value is -3.61. The molecule has 154 valence electrons. The van der Waals surface area contributed by atoms with Gasteiger partial charge in [-0.3, -0.25) is 14.8 Å². The van der Waals surface area contributed by atoms with Crippen LogP contribution in [-0.2, 0) is 4.79 Å². The standard InChI is InChI=1S/C15H22N6O7/c1-27-11-6-5-9(8-12(11)28-2)13(22)18-10(14(23)20-24)4-3-7-17-15(16)19-21(25)26/h5-6,8,10,24H,3-4,7H2,1-2H3,(H,18,22)(H,20,23)(H3,16,17,19)/t10-/m0/s1. The minimum atomic E-state index is -1.06. The summed E-state index contributed by atoms with van der Waals surface area (Å²) in [7, 11) is 2.87. The van der Waals surface area contributed by atoms with Crippen molar-refractivity contribution in [3.05, 3.63) is 33.9 Å². The predicted octanol–water partition coefficient (Wildman–Crippen LogP) is -0.816. The average molecular weight is 398 g/mol. The van der Waals surface area contributed by atoms with E-state index in [1.54, 1.807) is 5.43 Å². The molecule has 0 aliphatic heterocycles. The van der Waals surface area contributed by atoms with Crippen molar-refractivity contribution in [3.63, 3.8) is 0 Å². The van der Waals surface area contributed by atoms with Gasteiger partial charge in [-0.05, 0) is 31.0 Å². The molecule has 0 saturated heterocycles. The van der Waals surface area contributed by atoms with E-state index in [9.17, 15) is 19.7 Å². The van der Waals surface area contributed by atoms with Crippen molar-refractivity contribution in [1.29, 1.82) is 0 Å². The first kappa shape index (κ1) is 22.4. The highest BCUT2D eigenvalue weighted by Gasteiger charge is 2.21. The molecule has 1 atom stereocenters. The zero-order valence-corrected chi connectivity index (χ0v) is 15.3. The van der Waals surface area contributed by atoms with Gasteiger partial charge in [0, 0.05) is 12.1 Å². The number of hydrogen-bond donors (Lipinski definition) is 5. The van der Waals surface area contributed by atoms with E-state index in [-0.39, 0.29) is 30.9 Å². The van der Waals surface area contributed by atoms with Crippen LogP contribution >= 0.6 is 0 Å². The van der Waals surface area contributed by atoms with E-state index in [1.807, 2.05) is 0 Å². The van der Waals surface area contributed by atoms with Gasteiger partial charge in [-0.2, -0.15) is 0 Å². The number of rotatable bonds is 10. The summed E-state index contributed by atoms with van der Waals surface area (Å²) in [5.74, 6) is -1.02. The number of hydrazine groups is 1. The van der Waals surface area contributed by atoms with Crippen molar-refractivity contribution in [2.24, 2.45) is 10.7 Å². The first-order valence-corrected chi connectivity index (χ1v) is 8.00. The van der Waals surface area contributed by atoms with Gasteiger partial charge in [-0.25, -0.2) is 20.6 Å². The summed E-state index contributed by atoms with van der Waals surface area (Å²) in [5, 5.41) is 20.7. The number of guanidine groups is 1. The number of amides is 2. The summed E-state index contributed by atoms with van der Waals surface area (Å²) < 4.78 is 10.2. The number of nitrogens with two attached hydrogens (primary N) is 1. The molecule has 0 fully saturated rings. The van der Waals surface area contributed by atoms with Crippen LogP contribution in [0, 0.1) is 10.1 Å². The summed E-state index contributed by atoms with van der Waals surface area (Å²) in [6, 6.07) is 3.40. The minimum Gasteiger partial charge on any atom is -0.493 e. The fourth-order valence-electron chi connectivity index (χ4n) is 2.19. The second-order valence-electron chi connectivity index (χ2n) is 5.35. The molecule has 13 heteroatoms. The molecule has 1 aromatic carbocycles. The van der Waals surface area contributed by atoms with E-state index in [1.165, 1.54) is 37.9 Å². The molecule has 0 radical (unpaired) electrons. The molecule has 0 spiro atoms. The van der Waals surface area contributed by atoms with Crippen molar-refractivity contribution in [1.82, 2.24) is 16.2 Å². The second-order valence-corrected chi connectivity index (χ2v) is 5.35. The molecule has 1 rings (SSSR count). The Morgan fingerprint density at radius 3 is 2.57 bits per heavy atom. The molecule has 0 bridgehead atoms. The molecule has 28 heavy (non-hydrogen) atoms. The molecular weight excluding hydrogens is 376 g/mol. The van der Waals surface area contributed by atoms with E-state index in [0.717, 1.165) is 0 Å². The maximum Gasteiger partial charge on any atom is 0.265 e.